The minimum absolute atomic E-state index is 0.0625. The maximum atomic E-state index is 11.9. The largest absolute Gasteiger partial charge is 0.283 e. The lowest BCUT2D eigenvalue weighted by Crippen LogP contribution is -2.25. The molecule has 6 nitrogen and oxygen atoms in total. The molecule has 2 rings (SSSR count). The summed E-state index contributed by atoms with van der Waals surface area (Å²) in [6.07, 6.45) is 0.531. The number of hydrogen-bond donors (Lipinski definition) is 1. The van der Waals surface area contributed by atoms with Crippen LogP contribution in [-0.2, 0) is 20.0 Å². The smallest absolute Gasteiger partial charge is 0.235 e. The Morgan fingerprint density at radius 2 is 2.10 bits per heavy atom. The fraction of sp³-hybridized carbons (Fsp3) is 0.455. The van der Waals surface area contributed by atoms with Crippen LogP contribution >= 0.6 is 11.6 Å². The molecule has 20 heavy (non-hydrogen) atoms. The zero-order valence-electron chi connectivity index (χ0n) is 10.8. The summed E-state index contributed by atoms with van der Waals surface area (Å²) in [5, 5.41) is 0.273. The van der Waals surface area contributed by atoms with Crippen LogP contribution in [0.3, 0.4) is 0 Å². The number of nitrogens with one attached hydrogen (secondary N) is 1. The zero-order valence-corrected chi connectivity index (χ0v) is 13.2. The molecule has 1 N–H and O–H groups in total. The van der Waals surface area contributed by atoms with Crippen molar-refractivity contribution in [2.75, 3.05) is 27.1 Å². The normalized spacial score (nSPS) is 18.2. The van der Waals surface area contributed by atoms with Gasteiger partial charge in [0.2, 0.25) is 20.0 Å². The van der Waals surface area contributed by atoms with Gasteiger partial charge in [-0.1, -0.05) is 11.6 Å². The highest BCUT2D eigenvalue weighted by Crippen LogP contribution is 2.33. The molecule has 1 aromatic rings. The third kappa shape index (κ3) is 3.18. The van der Waals surface area contributed by atoms with E-state index >= 15 is 0 Å². The van der Waals surface area contributed by atoms with Crippen molar-refractivity contribution in [1.29, 1.82) is 0 Å². The molecule has 9 heteroatoms. The maximum Gasteiger partial charge on any atom is 0.235 e. The van der Waals surface area contributed by atoms with E-state index in [1.165, 1.54) is 29.4 Å². The highest BCUT2D eigenvalue weighted by atomic mass is 35.5. The van der Waals surface area contributed by atoms with E-state index in [0.717, 1.165) is 0 Å². The van der Waals surface area contributed by atoms with Gasteiger partial charge in [-0.3, -0.25) is 9.03 Å². The Kier molecular flexibility index (Phi) is 4.17. The quantitative estimate of drug-likeness (QED) is 0.904. The Labute approximate surface area is 123 Å². The minimum Gasteiger partial charge on any atom is -0.283 e. The van der Waals surface area contributed by atoms with Crippen LogP contribution in [0.2, 0.25) is 5.02 Å². The maximum absolute atomic E-state index is 11.9. The fourth-order valence-electron chi connectivity index (χ4n) is 1.93. The SMILES string of the molecule is CCS(=O)(=O)Nc1ccc(Cl)c(N2CCCS2(=O)=O)c1. The van der Waals surface area contributed by atoms with Gasteiger partial charge in [-0.2, -0.15) is 0 Å². The number of benzene rings is 1. The number of hydrogen-bond acceptors (Lipinski definition) is 4. The first-order valence-corrected chi connectivity index (χ1v) is 9.69. The van der Waals surface area contributed by atoms with Gasteiger partial charge in [-0.25, -0.2) is 16.8 Å². The minimum atomic E-state index is -3.42. The summed E-state index contributed by atoms with van der Waals surface area (Å²) in [6.45, 7) is 1.87. The fourth-order valence-corrected chi connectivity index (χ4v) is 4.40. The van der Waals surface area contributed by atoms with Crippen molar-refractivity contribution in [2.45, 2.75) is 13.3 Å². The predicted octanol–water partition coefficient (Wildman–Crippen LogP) is 1.64. The Hall–Kier alpha value is -0.990. The number of rotatable bonds is 4. The second kappa shape index (κ2) is 5.42. The molecule has 1 aliphatic heterocycles. The van der Waals surface area contributed by atoms with Crippen LogP contribution in [0.5, 0.6) is 0 Å². The molecule has 0 radical (unpaired) electrons. The zero-order chi connectivity index (χ0) is 15.0. The van der Waals surface area contributed by atoms with E-state index in [0.29, 0.717) is 24.3 Å². The topological polar surface area (TPSA) is 83.6 Å². The summed E-state index contributed by atoms with van der Waals surface area (Å²) < 4.78 is 50.5. The second-order valence-corrected chi connectivity index (χ2v) is 8.84. The van der Waals surface area contributed by atoms with Gasteiger partial charge < -0.3 is 0 Å². The molecular weight excluding hydrogens is 324 g/mol. The molecule has 0 aliphatic carbocycles. The summed E-state index contributed by atoms with van der Waals surface area (Å²) >= 11 is 6.03. The third-order valence-electron chi connectivity index (χ3n) is 2.97. The van der Waals surface area contributed by atoms with Crippen molar-refractivity contribution in [3.63, 3.8) is 0 Å². The molecule has 1 saturated heterocycles. The van der Waals surface area contributed by atoms with E-state index in [1.54, 1.807) is 0 Å². The number of halogens is 1. The van der Waals surface area contributed by atoms with E-state index in [2.05, 4.69) is 4.72 Å². The lowest BCUT2D eigenvalue weighted by molar-refractivity contribution is 0.599. The molecule has 0 bridgehead atoms. The van der Waals surface area contributed by atoms with Gasteiger partial charge in [0.25, 0.3) is 0 Å². The molecule has 0 amide bonds. The van der Waals surface area contributed by atoms with E-state index < -0.39 is 20.0 Å². The Morgan fingerprint density at radius 3 is 2.65 bits per heavy atom. The summed E-state index contributed by atoms with van der Waals surface area (Å²) in [4.78, 5) is 0. The van der Waals surface area contributed by atoms with Gasteiger partial charge >= 0.3 is 0 Å². The van der Waals surface area contributed by atoms with Crippen LogP contribution in [-0.4, -0.2) is 34.9 Å². The Morgan fingerprint density at radius 1 is 1.40 bits per heavy atom. The van der Waals surface area contributed by atoms with Crippen LogP contribution in [0.1, 0.15) is 13.3 Å². The monoisotopic (exact) mass is 338 g/mol. The number of nitrogens with zero attached hydrogens (tertiary/aromatic N) is 1. The molecular formula is C11H15ClN2O4S2. The van der Waals surface area contributed by atoms with Crippen LogP contribution in [0.25, 0.3) is 0 Å². The summed E-state index contributed by atoms with van der Waals surface area (Å²) in [6, 6.07) is 4.43. The van der Waals surface area contributed by atoms with Gasteiger partial charge in [0.1, 0.15) is 0 Å². The predicted molar refractivity (Wildman–Crippen MR) is 80.3 cm³/mol. The lowest BCUT2D eigenvalue weighted by atomic mass is 10.3. The van der Waals surface area contributed by atoms with Gasteiger partial charge in [0.05, 0.1) is 27.9 Å². The van der Waals surface area contributed by atoms with Crippen LogP contribution < -0.4 is 9.03 Å². The molecule has 0 atom stereocenters. The van der Waals surface area contributed by atoms with E-state index in [9.17, 15) is 16.8 Å². The molecule has 0 aromatic heterocycles. The van der Waals surface area contributed by atoms with Crippen molar-refractivity contribution < 1.29 is 16.8 Å². The second-order valence-electron chi connectivity index (χ2n) is 4.41. The first-order valence-electron chi connectivity index (χ1n) is 6.05. The van der Waals surface area contributed by atoms with Crippen molar-refractivity contribution >= 4 is 43.0 Å². The molecule has 1 aromatic carbocycles. The van der Waals surface area contributed by atoms with Gasteiger partial charge in [-0.05, 0) is 31.5 Å². The average Bonchev–Trinajstić information content (AvgIpc) is 2.71. The summed E-state index contributed by atoms with van der Waals surface area (Å²) in [5.74, 6) is 0.0151. The van der Waals surface area contributed by atoms with Crippen LogP contribution in [0.4, 0.5) is 11.4 Å². The van der Waals surface area contributed by atoms with Gasteiger partial charge in [0, 0.05) is 6.54 Å². The van der Waals surface area contributed by atoms with Crippen molar-refractivity contribution in [1.82, 2.24) is 0 Å². The number of anilines is 2. The first kappa shape index (κ1) is 15.4. The molecule has 0 saturated carbocycles. The third-order valence-corrected chi connectivity index (χ3v) is 6.45. The molecule has 1 aliphatic rings. The Bertz CT molecular complexity index is 716. The molecule has 0 spiro atoms. The molecule has 1 fully saturated rings. The van der Waals surface area contributed by atoms with Crippen molar-refractivity contribution in [3.05, 3.63) is 23.2 Å². The van der Waals surface area contributed by atoms with Crippen molar-refractivity contribution in [2.24, 2.45) is 0 Å². The van der Waals surface area contributed by atoms with Crippen LogP contribution in [0, 0.1) is 0 Å². The van der Waals surface area contributed by atoms with Crippen molar-refractivity contribution in [3.8, 4) is 0 Å². The van der Waals surface area contributed by atoms with Crippen LogP contribution in [0.15, 0.2) is 18.2 Å². The van der Waals surface area contributed by atoms with E-state index in [4.69, 9.17) is 11.6 Å². The van der Waals surface area contributed by atoms with E-state index in [1.807, 2.05) is 0 Å². The molecule has 0 unspecified atom stereocenters. The lowest BCUT2D eigenvalue weighted by Gasteiger charge is -2.19. The Balaban J connectivity index is 2.40. The average molecular weight is 339 g/mol. The summed E-state index contributed by atoms with van der Waals surface area (Å²) in [5.41, 5.74) is 0.605. The molecule has 112 valence electrons. The van der Waals surface area contributed by atoms with E-state index in [-0.39, 0.29) is 16.5 Å². The van der Waals surface area contributed by atoms with Gasteiger partial charge in [0.15, 0.2) is 0 Å². The highest BCUT2D eigenvalue weighted by Gasteiger charge is 2.30. The standard InChI is InChI=1S/C11H15ClN2O4S2/c1-2-19(15,16)13-9-4-5-10(12)11(8-9)14-6-3-7-20(14,17)18/h4-5,8,13H,2-3,6-7H2,1H3. The first-order chi connectivity index (χ1) is 9.25. The summed E-state index contributed by atoms with van der Waals surface area (Å²) in [7, 11) is -6.77. The molecule has 1 heterocycles. The number of sulfonamides is 2. The van der Waals surface area contributed by atoms with Gasteiger partial charge in [-0.15, -0.1) is 0 Å². The highest BCUT2D eigenvalue weighted by molar-refractivity contribution is 7.93.